The zero-order valence-corrected chi connectivity index (χ0v) is 10.7. The number of nitrogens with zero attached hydrogens (tertiary/aromatic N) is 2. The fraction of sp³-hybridized carbons (Fsp3) is 0.154. The summed E-state index contributed by atoms with van der Waals surface area (Å²) < 4.78 is 14.3. The minimum absolute atomic E-state index is 0.252. The van der Waals surface area contributed by atoms with Crippen LogP contribution in [0.1, 0.15) is 23.3 Å². The molecule has 1 aromatic heterocycles. The molecule has 0 bridgehead atoms. The van der Waals surface area contributed by atoms with Crippen LogP contribution in [0.15, 0.2) is 43.0 Å². The van der Waals surface area contributed by atoms with Gasteiger partial charge in [0.1, 0.15) is 11.9 Å². The lowest BCUT2D eigenvalue weighted by molar-refractivity contribution is -0.124. The Kier molecular flexibility index (Phi) is 4.09. The molecule has 0 aliphatic rings. The quantitative estimate of drug-likeness (QED) is 0.823. The van der Waals surface area contributed by atoms with Crippen LogP contribution in [-0.4, -0.2) is 21.4 Å². The third kappa shape index (κ3) is 3.19. The Morgan fingerprint density at radius 3 is 2.55 bits per heavy atom. The van der Waals surface area contributed by atoms with Gasteiger partial charge in [-0.25, -0.2) is 9.37 Å². The molecule has 0 fully saturated rings. The maximum Gasteiger partial charge on any atom is 0.269 e. The highest BCUT2D eigenvalue weighted by Gasteiger charge is 2.15. The number of hydrogen-bond acceptors (Lipinski definition) is 3. The fourth-order valence-electron chi connectivity index (χ4n) is 1.53. The standard InChI is InChI=1S/C13H13FN4O2/c1-9(18-7-6-15-8-18)12(19)16-17-13(20)10-2-4-11(14)5-3-10/h2-9H,1H3,(H,16,19)(H,17,20). The number of nitrogens with one attached hydrogen (secondary N) is 2. The molecule has 0 saturated heterocycles. The average molecular weight is 276 g/mol. The lowest BCUT2D eigenvalue weighted by Gasteiger charge is -2.13. The van der Waals surface area contributed by atoms with E-state index < -0.39 is 23.7 Å². The molecule has 7 heteroatoms. The zero-order chi connectivity index (χ0) is 14.5. The van der Waals surface area contributed by atoms with Crippen LogP contribution in [0.5, 0.6) is 0 Å². The second-order valence-electron chi connectivity index (χ2n) is 4.14. The first-order chi connectivity index (χ1) is 9.58. The van der Waals surface area contributed by atoms with E-state index in [2.05, 4.69) is 15.8 Å². The molecular weight excluding hydrogens is 263 g/mol. The van der Waals surface area contributed by atoms with Crippen LogP contribution in [0.2, 0.25) is 0 Å². The number of amides is 2. The lowest BCUT2D eigenvalue weighted by atomic mass is 10.2. The number of halogens is 1. The van der Waals surface area contributed by atoms with Gasteiger partial charge < -0.3 is 4.57 Å². The topological polar surface area (TPSA) is 76.0 Å². The number of rotatable bonds is 3. The van der Waals surface area contributed by atoms with Crippen LogP contribution in [0.3, 0.4) is 0 Å². The number of hydrazine groups is 1. The van der Waals surface area contributed by atoms with E-state index in [1.54, 1.807) is 23.9 Å². The van der Waals surface area contributed by atoms with Crippen molar-refractivity contribution in [2.45, 2.75) is 13.0 Å². The van der Waals surface area contributed by atoms with Gasteiger partial charge in [0.2, 0.25) is 0 Å². The Bertz CT molecular complexity index is 595. The van der Waals surface area contributed by atoms with E-state index >= 15 is 0 Å². The van der Waals surface area contributed by atoms with Crippen molar-refractivity contribution in [2.24, 2.45) is 0 Å². The van der Waals surface area contributed by atoms with Crippen LogP contribution < -0.4 is 10.9 Å². The van der Waals surface area contributed by atoms with Crippen LogP contribution in [0, 0.1) is 5.82 Å². The molecule has 1 unspecified atom stereocenters. The molecule has 0 aliphatic carbocycles. The second-order valence-corrected chi connectivity index (χ2v) is 4.14. The minimum Gasteiger partial charge on any atom is -0.325 e. The summed E-state index contributed by atoms with van der Waals surface area (Å²) in [5.41, 5.74) is 4.82. The van der Waals surface area contributed by atoms with Gasteiger partial charge in [-0.2, -0.15) is 0 Å². The summed E-state index contributed by atoms with van der Waals surface area (Å²) in [6.45, 7) is 1.67. The van der Waals surface area contributed by atoms with Gasteiger partial charge in [-0.1, -0.05) is 0 Å². The van der Waals surface area contributed by atoms with Crippen molar-refractivity contribution in [3.63, 3.8) is 0 Å². The van der Waals surface area contributed by atoms with Crippen molar-refractivity contribution in [1.29, 1.82) is 0 Å². The van der Waals surface area contributed by atoms with Crippen LogP contribution in [-0.2, 0) is 4.79 Å². The Balaban J connectivity index is 1.90. The van der Waals surface area contributed by atoms with Crippen molar-refractivity contribution in [1.82, 2.24) is 20.4 Å². The maximum atomic E-state index is 12.7. The summed E-state index contributed by atoms with van der Waals surface area (Å²) in [7, 11) is 0. The van der Waals surface area contributed by atoms with Crippen LogP contribution >= 0.6 is 0 Å². The molecule has 6 nitrogen and oxygen atoms in total. The molecule has 1 aromatic carbocycles. The molecule has 2 rings (SSSR count). The molecule has 1 atom stereocenters. The van der Waals surface area contributed by atoms with E-state index in [4.69, 9.17) is 0 Å². The molecule has 104 valence electrons. The first-order valence-corrected chi connectivity index (χ1v) is 5.91. The van der Waals surface area contributed by atoms with Crippen molar-refractivity contribution < 1.29 is 14.0 Å². The van der Waals surface area contributed by atoms with Gasteiger partial charge in [-0.05, 0) is 31.2 Å². The minimum atomic E-state index is -0.517. The Morgan fingerprint density at radius 2 is 1.95 bits per heavy atom. The van der Waals surface area contributed by atoms with Gasteiger partial charge in [-0.15, -0.1) is 0 Å². The highest BCUT2D eigenvalue weighted by molar-refractivity contribution is 5.95. The first-order valence-electron chi connectivity index (χ1n) is 5.91. The van der Waals surface area contributed by atoms with Gasteiger partial charge in [-0.3, -0.25) is 20.4 Å². The van der Waals surface area contributed by atoms with Gasteiger partial charge in [0.05, 0.1) is 6.33 Å². The first kappa shape index (κ1) is 13.7. The predicted molar refractivity (Wildman–Crippen MR) is 68.9 cm³/mol. The molecule has 2 amide bonds. The number of carbonyl (C=O) groups is 2. The molecule has 0 saturated carbocycles. The molecule has 1 heterocycles. The number of hydrogen-bond donors (Lipinski definition) is 2. The molecule has 0 radical (unpaired) electrons. The highest BCUT2D eigenvalue weighted by atomic mass is 19.1. The van der Waals surface area contributed by atoms with Gasteiger partial charge in [0, 0.05) is 18.0 Å². The lowest BCUT2D eigenvalue weighted by Crippen LogP contribution is -2.44. The van der Waals surface area contributed by atoms with Gasteiger partial charge in [0.25, 0.3) is 11.8 Å². The average Bonchev–Trinajstić information content (AvgIpc) is 2.98. The Labute approximate surface area is 114 Å². The van der Waals surface area contributed by atoms with E-state index in [0.29, 0.717) is 0 Å². The van der Waals surface area contributed by atoms with Crippen molar-refractivity contribution in [3.05, 3.63) is 54.4 Å². The normalized spacial score (nSPS) is 11.7. The van der Waals surface area contributed by atoms with E-state index in [-0.39, 0.29) is 5.56 Å². The third-order valence-electron chi connectivity index (χ3n) is 2.76. The van der Waals surface area contributed by atoms with Gasteiger partial charge >= 0.3 is 0 Å². The van der Waals surface area contributed by atoms with Crippen LogP contribution in [0.4, 0.5) is 4.39 Å². The molecule has 20 heavy (non-hydrogen) atoms. The number of aromatic nitrogens is 2. The number of carbonyl (C=O) groups excluding carboxylic acids is 2. The summed E-state index contributed by atoms with van der Waals surface area (Å²) in [5.74, 6) is -1.34. The number of imidazole rings is 1. The number of benzene rings is 1. The van der Waals surface area contributed by atoms with Crippen molar-refractivity contribution in [2.75, 3.05) is 0 Å². The summed E-state index contributed by atoms with van der Waals surface area (Å²) in [6, 6.07) is 4.49. The summed E-state index contributed by atoms with van der Waals surface area (Å²) in [4.78, 5) is 27.3. The second kappa shape index (κ2) is 5.96. The van der Waals surface area contributed by atoms with E-state index in [1.165, 1.54) is 30.6 Å². The van der Waals surface area contributed by atoms with Crippen molar-refractivity contribution >= 4 is 11.8 Å². The fourth-order valence-corrected chi connectivity index (χ4v) is 1.53. The molecule has 2 N–H and O–H groups in total. The Morgan fingerprint density at radius 1 is 1.25 bits per heavy atom. The summed E-state index contributed by atoms with van der Waals surface area (Å²) >= 11 is 0. The molecule has 0 aliphatic heterocycles. The SMILES string of the molecule is CC(C(=O)NNC(=O)c1ccc(F)cc1)n1ccnc1. The zero-order valence-electron chi connectivity index (χ0n) is 10.7. The Hall–Kier alpha value is -2.70. The monoisotopic (exact) mass is 276 g/mol. The maximum absolute atomic E-state index is 12.7. The summed E-state index contributed by atoms with van der Waals surface area (Å²) in [6.07, 6.45) is 4.71. The third-order valence-corrected chi connectivity index (χ3v) is 2.76. The highest BCUT2D eigenvalue weighted by Crippen LogP contribution is 2.04. The van der Waals surface area contributed by atoms with E-state index in [1.807, 2.05) is 0 Å². The predicted octanol–water partition coefficient (Wildman–Crippen LogP) is 1.04. The van der Waals surface area contributed by atoms with Crippen molar-refractivity contribution in [3.8, 4) is 0 Å². The van der Waals surface area contributed by atoms with Gasteiger partial charge in [0.15, 0.2) is 0 Å². The smallest absolute Gasteiger partial charge is 0.269 e. The summed E-state index contributed by atoms with van der Waals surface area (Å²) in [5, 5.41) is 0. The van der Waals surface area contributed by atoms with E-state index in [0.717, 1.165) is 0 Å². The molecule has 2 aromatic rings. The van der Waals surface area contributed by atoms with Crippen LogP contribution in [0.25, 0.3) is 0 Å². The molecular formula is C13H13FN4O2. The van der Waals surface area contributed by atoms with E-state index in [9.17, 15) is 14.0 Å². The molecule has 0 spiro atoms. The largest absolute Gasteiger partial charge is 0.325 e.